The zero-order chi connectivity index (χ0) is 17.3. The third-order valence-electron chi connectivity index (χ3n) is 3.09. The monoisotopic (exact) mass is 336 g/mol. The largest absolute Gasteiger partial charge is 0.444 e. The molecule has 5 heteroatoms. The van der Waals surface area contributed by atoms with Crippen LogP contribution in [0.15, 0.2) is 41.3 Å². The highest BCUT2D eigenvalue weighted by atomic mass is 32.2. The predicted molar refractivity (Wildman–Crippen MR) is 98.0 cm³/mol. The van der Waals surface area contributed by atoms with Crippen molar-refractivity contribution in [2.24, 2.45) is 0 Å². The Morgan fingerprint density at radius 3 is 2.39 bits per heavy atom. The molecule has 0 saturated heterocycles. The van der Waals surface area contributed by atoms with Gasteiger partial charge in [0.2, 0.25) is 0 Å². The lowest BCUT2D eigenvalue weighted by atomic mass is 10.1. The molecule has 1 atom stereocenters. The minimum atomic E-state index is -0.462. The molecule has 0 radical (unpaired) electrons. The van der Waals surface area contributed by atoms with Crippen molar-refractivity contribution in [3.8, 4) is 0 Å². The first-order valence-corrected chi connectivity index (χ1v) is 9.03. The number of nitrogens with one attached hydrogen (secondary N) is 2. The zero-order valence-electron chi connectivity index (χ0n) is 14.7. The highest BCUT2D eigenvalue weighted by Crippen LogP contribution is 2.18. The number of hydrogen-bond acceptors (Lipinski definition) is 4. The number of carbonyl (C=O) groups is 1. The average molecular weight is 337 g/mol. The summed E-state index contributed by atoms with van der Waals surface area (Å²) < 4.78 is 5.16. The Morgan fingerprint density at radius 1 is 1.22 bits per heavy atom. The molecule has 0 spiro atoms. The number of hydrogen-bond donors (Lipinski definition) is 2. The second-order valence-electron chi connectivity index (χ2n) is 6.26. The van der Waals surface area contributed by atoms with Gasteiger partial charge in [-0.3, -0.25) is 0 Å². The van der Waals surface area contributed by atoms with E-state index in [4.69, 9.17) is 4.74 Å². The minimum absolute atomic E-state index is 0.286. The highest BCUT2D eigenvalue weighted by molar-refractivity contribution is 7.98. The Balaban J connectivity index is 2.23. The van der Waals surface area contributed by atoms with E-state index in [2.05, 4.69) is 48.1 Å². The standard InChI is InChI=1S/C18H28N2O2S/c1-14(15-8-10-16(23-5)11-9-15)19-12-6-7-13-20-17(21)22-18(2,3)4/h6-11,14,19H,12-13H2,1-5H3,(H,20,21)/b7-6+. The summed E-state index contributed by atoms with van der Waals surface area (Å²) in [5.41, 5.74) is 0.805. The summed E-state index contributed by atoms with van der Waals surface area (Å²) in [6.45, 7) is 8.90. The summed E-state index contributed by atoms with van der Waals surface area (Å²) in [5.74, 6) is 0. The first kappa shape index (κ1) is 19.6. The SMILES string of the molecule is CSc1ccc(C(C)NC/C=C/CNC(=O)OC(C)(C)C)cc1. The van der Waals surface area contributed by atoms with Crippen LogP contribution >= 0.6 is 11.8 Å². The number of benzene rings is 1. The zero-order valence-corrected chi connectivity index (χ0v) is 15.5. The Hall–Kier alpha value is -1.46. The van der Waals surface area contributed by atoms with Crippen molar-refractivity contribution >= 4 is 17.9 Å². The number of carbonyl (C=O) groups excluding carboxylic acids is 1. The average Bonchev–Trinajstić information content (AvgIpc) is 2.48. The van der Waals surface area contributed by atoms with Crippen molar-refractivity contribution in [1.82, 2.24) is 10.6 Å². The maximum Gasteiger partial charge on any atom is 0.407 e. The Kier molecular flexibility index (Phi) is 8.20. The van der Waals surface area contributed by atoms with E-state index in [-0.39, 0.29) is 6.04 Å². The van der Waals surface area contributed by atoms with Gasteiger partial charge in [-0.05, 0) is 51.6 Å². The number of amides is 1. The second kappa shape index (κ2) is 9.63. The van der Waals surface area contributed by atoms with Gasteiger partial charge in [0, 0.05) is 24.0 Å². The lowest BCUT2D eigenvalue weighted by molar-refractivity contribution is 0.0534. The van der Waals surface area contributed by atoms with Gasteiger partial charge in [0.1, 0.15) is 5.60 Å². The van der Waals surface area contributed by atoms with Crippen molar-refractivity contribution in [2.75, 3.05) is 19.3 Å². The molecule has 1 unspecified atom stereocenters. The normalized spacial score (nSPS) is 13.1. The lowest BCUT2D eigenvalue weighted by Gasteiger charge is -2.19. The molecule has 0 aliphatic rings. The smallest absolute Gasteiger partial charge is 0.407 e. The fraction of sp³-hybridized carbons (Fsp3) is 0.500. The molecule has 2 N–H and O–H groups in total. The maximum absolute atomic E-state index is 11.5. The van der Waals surface area contributed by atoms with Gasteiger partial charge in [-0.25, -0.2) is 4.79 Å². The lowest BCUT2D eigenvalue weighted by Crippen LogP contribution is -2.32. The molecule has 0 heterocycles. The van der Waals surface area contributed by atoms with Gasteiger partial charge in [-0.2, -0.15) is 0 Å². The molecule has 0 fully saturated rings. The number of alkyl carbamates (subject to hydrolysis) is 1. The van der Waals surface area contributed by atoms with E-state index >= 15 is 0 Å². The van der Waals surface area contributed by atoms with Gasteiger partial charge in [0.15, 0.2) is 0 Å². The molecule has 0 aromatic heterocycles. The van der Waals surface area contributed by atoms with E-state index < -0.39 is 11.7 Å². The van der Waals surface area contributed by atoms with Crippen molar-refractivity contribution < 1.29 is 9.53 Å². The van der Waals surface area contributed by atoms with Crippen LogP contribution in [0.25, 0.3) is 0 Å². The van der Waals surface area contributed by atoms with Crippen molar-refractivity contribution in [1.29, 1.82) is 0 Å². The van der Waals surface area contributed by atoms with Gasteiger partial charge in [-0.1, -0.05) is 24.3 Å². The van der Waals surface area contributed by atoms with Gasteiger partial charge in [0.05, 0.1) is 0 Å². The van der Waals surface area contributed by atoms with E-state index in [1.54, 1.807) is 11.8 Å². The van der Waals surface area contributed by atoms with E-state index in [1.165, 1.54) is 10.5 Å². The Labute approximate surface area is 144 Å². The molecule has 128 valence electrons. The molecule has 1 rings (SSSR count). The number of rotatable bonds is 7. The molecule has 0 aliphatic carbocycles. The van der Waals surface area contributed by atoms with Crippen LogP contribution < -0.4 is 10.6 Å². The Morgan fingerprint density at radius 2 is 1.83 bits per heavy atom. The summed E-state index contributed by atoms with van der Waals surface area (Å²) in [6.07, 6.45) is 5.61. The van der Waals surface area contributed by atoms with E-state index in [0.29, 0.717) is 6.54 Å². The van der Waals surface area contributed by atoms with Crippen LogP contribution in [0.2, 0.25) is 0 Å². The Bertz CT molecular complexity index is 507. The molecular formula is C18H28N2O2S. The van der Waals surface area contributed by atoms with E-state index in [0.717, 1.165) is 6.54 Å². The molecular weight excluding hydrogens is 308 g/mol. The van der Waals surface area contributed by atoms with E-state index in [9.17, 15) is 4.79 Å². The molecule has 0 aliphatic heterocycles. The first-order chi connectivity index (χ1) is 10.8. The fourth-order valence-electron chi connectivity index (χ4n) is 1.88. The van der Waals surface area contributed by atoms with Crippen LogP contribution in [-0.2, 0) is 4.74 Å². The summed E-state index contributed by atoms with van der Waals surface area (Å²) in [4.78, 5) is 12.7. The van der Waals surface area contributed by atoms with Gasteiger partial charge < -0.3 is 15.4 Å². The summed E-state index contributed by atoms with van der Waals surface area (Å²) in [7, 11) is 0. The van der Waals surface area contributed by atoms with Crippen LogP contribution in [0, 0.1) is 0 Å². The fourth-order valence-corrected chi connectivity index (χ4v) is 2.29. The van der Waals surface area contributed by atoms with Crippen LogP contribution in [0.4, 0.5) is 4.79 Å². The van der Waals surface area contributed by atoms with Crippen molar-refractivity contribution in [2.45, 2.75) is 44.2 Å². The second-order valence-corrected chi connectivity index (χ2v) is 7.14. The summed E-state index contributed by atoms with van der Waals surface area (Å²) in [6, 6.07) is 8.86. The number of ether oxygens (including phenoxy) is 1. The molecule has 23 heavy (non-hydrogen) atoms. The van der Waals surface area contributed by atoms with Crippen LogP contribution in [0.5, 0.6) is 0 Å². The van der Waals surface area contributed by atoms with Gasteiger partial charge in [0.25, 0.3) is 0 Å². The van der Waals surface area contributed by atoms with Crippen molar-refractivity contribution in [3.63, 3.8) is 0 Å². The van der Waals surface area contributed by atoms with Gasteiger partial charge in [-0.15, -0.1) is 11.8 Å². The third kappa shape index (κ3) is 8.67. The highest BCUT2D eigenvalue weighted by Gasteiger charge is 2.14. The minimum Gasteiger partial charge on any atom is -0.444 e. The third-order valence-corrected chi connectivity index (χ3v) is 3.83. The summed E-state index contributed by atoms with van der Waals surface area (Å²) >= 11 is 1.75. The molecule has 1 amide bonds. The maximum atomic E-state index is 11.5. The van der Waals surface area contributed by atoms with Crippen LogP contribution in [0.1, 0.15) is 39.3 Å². The summed E-state index contributed by atoms with van der Waals surface area (Å²) in [5, 5.41) is 6.12. The topological polar surface area (TPSA) is 50.4 Å². The van der Waals surface area contributed by atoms with Crippen LogP contribution in [-0.4, -0.2) is 31.0 Å². The van der Waals surface area contributed by atoms with E-state index in [1.807, 2.05) is 32.9 Å². The molecule has 1 aromatic carbocycles. The molecule has 0 saturated carbocycles. The molecule has 0 bridgehead atoms. The predicted octanol–water partition coefficient (Wildman–Crippen LogP) is 4.14. The molecule has 1 aromatic rings. The van der Waals surface area contributed by atoms with Gasteiger partial charge >= 0.3 is 6.09 Å². The quantitative estimate of drug-likeness (QED) is 0.580. The van der Waals surface area contributed by atoms with Crippen molar-refractivity contribution in [3.05, 3.63) is 42.0 Å². The van der Waals surface area contributed by atoms with Crippen LogP contribution in [0.3, 0.4) is 0 Å². The number of thioether (sulfide) groups is 1. The molecule has 4 nitrogen and oxygen atoms in total. The first-order valence-electron chi connectivity index (χ1n) is 7.81.